The van der Waals surface area contributed by atoms with Crippen molar-refractivity contribution in [2.75, 3.05) is 7.05 Å². The molecule has 0 aliphatic heterocycles. The molecule has 0 aromatic heterocycles. The van der Waals surface area contributed by atoms with Crippen molar-refractivity contribution in [3.63, 3.8) is 0 Å². The van der Waals surface area contributed by atoms with Crippen molar-refractivity contribution in [1.29, 1.82) is 0 Å². The Hall–Kier alpha value is -1.17. The summed E-state index contributed by atoms with van der Waals surface area (Å²) in [5.74, 6) is 0. The van der Waals surface area contributed by atoms with Gasteiger partial charge in [-0.15, -0.1) is 9.24 Å². The van der Waals surface area contributed by atoms with Crippen LogP contribution >= 0.6 is 9.24 Å². The summed E-state index contributed by atoms with van der Waals surface area (Å²) in [5, 5.41) is 3.40. The van der Waals surface area contributed by atoms with Crippen molar-refractivity contribution < 1.29 is 0 Å². The van der Waals surface area contributed by atoms with Gasteiger partial charge in [0.1, 0.15) is 0 Å². The molecule has 0 saturated carbocycles. The number of rotatable bonds is 4. The lowest BCUT2D eigenvalue weighted by Crippen LogP contribution is -2.20. The fraction of sp³-hybridized carbons (Fsp3) is 0.200. The van der Waals surface area contributed by atoms with Gasteiger partial charge in [0.15, 0.2) is 0 Å². The zero-order valence-corrected chi connectivity index (χ0v) is 11.2. The van der Waals surface area contributed by atoms with Crippen LogP contribution in [0.25, 0.3) is 0 Å². The lowest BCUT2D eigenvalue weighted by Gasteiger charge is -2.24. The molecule has 0 aliphatic rings. The van der Waals surface area contributed by atoms with Gasteiger partial charge in [-0.1, -0.05) is 60.7 Å². The quantitative estimate of drug-likeness (QED) is 0.809. The van der Waals surface area contributed by atoms with Crippen LogP contribution in [0.4, 0.5) is 0 Å². The Labute approximate surface area is 105 Å². The van der Waals surface area contributed by atoms with Gasteiger partial charge in [-0.3, -0.25) is 0 Å². The summed E-state index contributed by atoms with van der Waals surface area (Å²) in [4.78, 5) is 0. The molecule has 0 spiro atoms. The molecule has 2 heteroatoms. The average molecular weight is 243 g/mol. The summed E-state index contributed by atoms with van der Waals surface area (Å²) >= 11 is 0. The summed E-state index contributed by atoms with van der Waals surface area (Å²) in [7, 11) is 4.95. The Bertz CT molecular complexity index is 441. The number of hydrogen-bond acceptors (Lipinski definition) is 1. The van der Waals surface area contributed by atoms with Crippen LogP contribution in [0.5, 0.6) is 0 Å². The molecule has 17 heavy (non-hydrogen) atoms. The molecule has 0 heterocycles. The van der Waals surface area contributed by atoms with Crippen LogP contribution in [0, 0.1) is 0 Å². The van der Waals surface area contributed by atoms with Gasteiger partial charge in [0.05, 0.1) is 0 Å². The Balaban J connectivity index is 2.25. The molecule has 2 rings (SSSR count). The third-order valence-corrected chi connectivity index (χ3v) is 3.78. The van der Waals surface area contributed by atoms with Crippen molar-refractivity contribution >= 4 is 9.24 Å². The monoisotopic (exact) mass is 243 g/mol. The second-order valence-electron chi connectivity index (χ2n) is 4.11. The first-order chi connectivity index (χ1) is 8.33. The molecule has 0 bridgehead atoms. The van der Waals surface area contributed by atoms with Crippen LogP contribution in [-0.2, 0) is 0 Å². The number of nitrogens with one attached hydrogen (secondary N) is 1. The first kappa shape index (κ1) is 12.3. The molecule has 0 saturated heterocycles. The molecule has 2 aromatic rings. The van der Waals surface area contributed by atoms with Gasteiger partial charge in [0, 0.05) is 11.7 Å². The van der Waals surface area contributed by atoms with Crippen LogP contribution < -0.4 is 5.32 Å². The minimum Gasteiger partial charge on any atom is -0.312 e. The minimum absolute atomic E-state index is 0.323. The molecule has 0 amide bonds. The van der Waals surface area contributed by atoms with E-state index in [1.54, 1.807) is 0 Å². The smallest absolute Gasteiger partial charge is 0.0422 e. The predicted molar refractivity (Wildman–Crippen MR) is 77.1 cm³/mol. The maximum Gasteiger partial charge on any atom is 0.0422 e. The van der Waals surface area contributed by atoms with Crippen molar-refractivity contribution in [1.82, 2.24) is 5.32 Å². The summed E-state index contributed by atoms with van der Waals surface area (Å²) in [6.07, 6.45) is 0. The second-order valence-corrected chi connectivity index (χ2v) is 4.83. The Kier molecular flexibility index (Phi) is 4.30. The minimum atomic E-state index is 0.323. The van der Waals surface area contributed by atoms with E-state index in [0.717, 1.165) is 0 Å². The van der Waals surface area contributed by atoms with E-state index in [2.05, 4.69) is 75.2 Å². The van der Waals surface area contributed by atoms with E-state index in [1.165, 1.54) is 11.1 Å². The van der Waals surface area contributed by atoms with Crippen LogP contribution in [0.2, 0.25) is 0 Å². The molecular formula is C15H18NP. The number of hydrogen-bond donors (Lipinski definition) is 1. The second kappa shape index (κ2) is 5.95. The Morgan fingerprint density at radius 2 is 1.29 bits per heavy atom. The van der Waals surface area contributed by atoms with Gasteiger partial charge in [-0.05, 0) is 18.2 Å². The number of likely N-dealkylation sites (N-methyl/N-ethyl adjacent to an activating group) is 1. The molecule has 3 atom stereocenters. The first-order valence-corrected chi connectivity index (χ1v) is 6.52. The molecule has 2 aromatic carbocycles. The van der Waals surface area contributed by atoms with Crippen LogP contribution in [0.15, 0.2) is 60.7 Å². The molecule has 1 nitrogen and oxygen atoms in total. The average Bonchev–Trinajstić information content (AvgIpc) is 2.42. The summed E-state index contributed by atoms with van der Waals surface area (Å²) in [6, 6.07) is 21.5. The summed E-state index contributed by atoms with van der Waals surface area (Å²) in [6.45, 7) is 0. The highest BCUT2D eigenvalue weighted by Crippen LogP contribution is 2.35. The van der Waals surface area contributed by atoms with E-state index < -0.39 is 0 Å². The number of benzene rings is 2. The fourth-order valence-corrected chi connectivity index (χ4v) is 2.72. The molecule has 1 N–H and O–H groups in total. The normalized spacial score (nSPS) is 14.2. The van der Waals surface area contributed by atoms with Crippen LogP contribution in [0.3, 0.4) is 0 Å². The highest BCUT2D eigenvalue weighted by atomic mass is 31.0. The molecule has 3 unspecified atom stereocenters. The van der Waals surface area contributed by atoms with Crippen molar-refractivity contribution in [2.24, 2.45) is 0 Å². The van der Waals surface area contributed by atoms with Crippen LogP contribution in [0.1, 0.15) is 22.8 Å². The zero-order chi connectivity index (χ0) is 12.1. The summed E-state index contributed by atoms with van der Waals surface area (Å²) < 4.78 is 0. The van der Waals surface area contributed by atoms with Gasteiger partial charge < -0.3 is 5.32 Å². The van der Waals surface area contributed by atoms with E-state index in [1.807, 2.05) is 7.05 Å². The predicted octanol–water partition coefficient (Wildman–Crippen LogP) is 3.56. The van der Waals surface area contributed by atoms with Gasteiger partial charge in [-0.2, -0.15) is 0 Å². The lowest BCUT2D eigenvalue weighted by atomic mass is 9.98. The highest BCUT2D eigenvalue weighted by molar-refractivity contribution is 7.17. The van der Waals surface area contributed by atoms with Crippen molar-refractivity contribution in [2.45, 2.75) is 11.7 Å². The van der Waals surface area contributed by atoms with E-state index in [9.17, 15) is 0 Å². The SMILES string of the molecule is CNC(c1ccccc1)C(P)c1ccccc1. The van der Waals surface area contributed by atoms with Gasteiger partial charge in [-0.25, -0.2) is 0 Å². The fourth-order valence-electron chi connectivity index (χ4n) is 2.08. The Morgan fingerprint density at radius 1 is 0.824 bits per heavy atom. The van der Waals surface area contributed by atoms with Gasteiger partial charge in [0.2, 0.25) is 0 Å². The molecule has 0 aliphatic carbocycles. The Morgan fingerprint density at radius 3 is 1.76 bits per heavy atom. The zero-order valence-electron chi connectivity index (χ0n) is 10.0. The third-order valence-electron chi connectivity index (χ3n) is 3.01. The lowest BCUT2D eigenvalue weighted by molar-refractivity contribution is 0.581. The standard InChI is InChI=1S/C15H18NP/c1-16-14(12-8-4-2-5-9-12)15(17)13-10-6-3-7-11-13/h2-11,14-16H,17H2,1H3. The highest BCUT2D eigenvalue weighted by Gasteiger charge is 2.18. The maximum atomic E-state index is 3.40. The largest absolute Gasteiger partial charge is 0.312 e. The van der Waals surface area contributed by atoms with Crippen LogP contribution in [-0.4, -0.2) is 7.05 Å². The van der Waals surface area contributed by atoms with Gasteiger partial charge in [0.25, 0.3) is 0 Å². The topological polar surface area (TPSA) is 12.0 Å². The van der Waals surface area contributed by atoms with E-state index in [4.69, 9.17) is 0 Å². The van der Waals surface area contributed by atoms with Crippen molar-refractivity contribution in [3.05, 3.63) is 71.8 Å². The van der Waals surface area contributed by atoms with Crippen molar-refractivity contribution in [3.8, 4) is 0 Å². The third kappa shape index (κ3) is 2.94. The summed E-state index contributed by atoms with van der Waals surface area (Å²) in [5.41, 5.74) is 3.03. The van der Waals surface area contributed by atoms with E-state index in [0.29, 0.717) is 11.7 Å². The maximum absolute atomic E-state index is 3.40. The van der Waals surface area contributed by atoms with Gasteiger partial charge >= 0.3 is 0 Å². The van der Waals surface area contributed by atoms with E-state index in [-0.39, 0.29) is 0 Å². The molecule has 0 fully saturated rings. The molecule has 0 radical (unpaired) electrons. The molecular weight excluding hydrogens is 225 g/mol. The first-order valence-electron chi connectivity index (χ1n) is 5.85. The van der Waals surface area contributed by atoms with E-state index >= 15 is 0 Å². The molecule has 88 valence electrons.